The van der Waals surface area contributed by atoms with Crippen LogP contribution in [0.3, 0.4) is 0 Å². The van der Waals surface area contributed by atoms with Gasteiger partial charge in [0.15, 0.2) is 0 Å². The van der Waals surface area contributed by atoms with Crippen LogP contribution in [0.15, 0.2) is 41.3 Å². The third kappa shape index (κ3) is 4.08. The molecule has 1 N–H and O–H groups in total. The van der Waals surface area contributed by atoms with Gasteiger partial charge in [0.25, 0.3) is 0 Å². The molecule has 2 aliphatic rings. The van der Waals surface area contributed by atoms with E-state index < -0.39 is 10.1 Å². The van der Waals surface area contributed by atoms with E-state index in [0.29, 0.717) is 23.1 Å². The van der Waals surface area contributed by atoms with E-state index in [9.17, 15) is 13.2 Å². The lowest BCUT2D eigenvalue weighted by molar-refractivity contribution is -0.116. The predicted molar refractivity (Wildman–Crippen MR) is 110 cm³/mol. The van der Waals surface area contributed by atoms with Crippen molar-refractivity contribution >= 4 is 56.8 Å². The third-order valence-corrected chi connectivity index (χ3v) is 9.12. The van der Waals surface area contributed by atoms with E-state index in [0.717, 1.165) is 22.6 Å². The summed E-state index contributed by atoms with van der Waals surface area (Å²) in [6.45, 7) is 0. The first-order valence-corrected chi connectivity index (χ1v) is 12.2. The molecule has 1 fully saturated rings. The van der Waals surface area contributed by atoms with Crippen molar-refractivity contribution in [2.45, 2.75) is 22.3 Å². The van der Waals surface area contributed by atoms with Crippen molar-refractivity contribution in [2.75, 3.05) is 16.8 Å². The van der Waals surface area contributed by atoms with Crippen molar-refractivity contribution in [3.8, 4) is 5.75 Å². The maximum Gasteiger partial charge on any atom is 0.340 e. The van der Waals surface area contributed by atoms with Crippen LogP contribution in [0.5, 0.6) is 5.75 Å². The van der Waals surface area contributed by atoms with E-state index in [2.05, 4.69) is 5.32 Å². The molecule has 0 spiro atoms. The molecule has 27 heavy (non-hydrogen) atoms. The number of hydrogen-bond donors (Lipinski definition) is 1. The Bertz CT molecular complexity index is 986. The van der Waals surface area contributed by atoms with Gasteiger partial charge in [-0.1, -0.05) is 23.7 Å². The molecular weight excluding hydrogens is 426 g/mol. The highest BCUT2D eigenvalue weighted by molar-refractivity contribution is 8.19. The summed E-state index contributed by atoms with van der Waals surface area (Å²) in [6.07, 6.45) is 0.885. The summed E-state index contributed by atoms with van der Waals surface area (Å²) in [7, 11) is -4.12. The highest BCUT2D eigenvalue weighted by atomic mass is 35.5. The van der Waals surface area contributed by atoms with E-state index in [1.165, 1.54) is 6.07 Å². The number of carbonyl (C=O) groups excluding carboxylic acids is 1. The first-order chi connectivity index (χ1) is 12.9. The maximum absolute atomic E-state index is 12.7. The van der Waals surface area contributed by atoms with Crippen LogP contribution >= 0.6 is 35.1 Å². The number of amides is 1. The van der Waals surface area contributed by atoms with Crippen molar-refractivity contribution < 1.29 is 17.4 Å². The molecule has 2 aliphatic heterocycles. The normalized spacial score (nSPS) is 17.4. The molecule has 0 aliphatic carbocycles. The van der Waals surface area contributed by atoms with Gasteiger partial charge in [-0.05, 0) is 41.8 Å². The van der Waals surface area contributed by atoms with Crippen molar-refractivity contribution in [1.82, 2.24) is 0 Å². The zero-order valence-electron chi connectivity index (χ0n) is 14.1. The Morgan fingerprint density at radius 2 is 1.78 bits per heavy atom. The Morgan fingerprint density at radius 3 is 2.48 bits per heavy atom. The van der Waals surface area contributed by atoms with Crippen LogP contribution in [0.1, 0.15) is 22.1 Å². The number of thioether (sulfide) groups is 2. The molecule has 0 aromatic heterocycles. The van der Waals surface area contributed by atoms with Gasteiger partial charge in [0, 0.05) is 23.6 Å². The van der Waals surface area contributed by atoms with Gasteiger partial charge >= 0.3 is 10.1 Å². The summed E-state index contributed by atoms with van der Waals surface area (Å²) in [5.74, 6) is 2.32. The van der Waals surface area contributed by atoms with E-state index in [-0.39, 0.29) is 21.6 Å². The fraction of sp³-hybridized carbons (Fsp3) is 0.278. The molecular formula is C18H16ClNO4S3. The molecule has 9 heteroatoms. The first kappa shape index (κ1) is 19.0. The van der Waals surface area contributed by atoms with Crippen LogP contribution in [-0.2, 0) is 21.3 Å². The van der Waals surface area contributed by atoms with Gasteiger partial charge in [-0.2, -0.15) is 8.42 Å². The monoisotopic (exact) mass is 441 g/mol. The molecule has 0 unspecified atom stereocenters. The average molecular weight is 442 g/mol. The highest BCUT2D eigenvalue weighted by Crippen LogP contribution is 2.45. The zero-order valence-corrected chi connectivity index (χ0v) is 17.3. The second-order valence-corrected chi connectivity index (χ2v) is 10.8. The molecule has 5 nitrogen and oxygen atoms in total. The number of nitrogens with one attached hydrogen (secondary N) is 1. The van der Waals surface area contributed by atoms with Gasteiger partial charge < -0.3 is 9.50 Å². The Hall–Kier alpha value is -1.35. The van der Waals surface area contributed by atoms with E-state index in [4.69, 9.17) is 15.8 Å². The standard InChI is InChI=1S/C18H16ClNO4S3/c19-14-9-12-3-6-17(21)20-15(12)10-16(14)27(22,23)24-13-4-1-11(2-5-13)18-25-7-8-26-18/h1-2,4-5,9-10,18H,3,6-8H2,(H,20,21). The zero-order chi connectivity index (χ0) is 19.0. The van der Waals surface area contributed by atoms with Crippen LogP contribution in [-0.4, -0.2) is 25.8 Å². The largest absolute Gasteiger partial charge is 0.379 e. The third-order valence-electron chi connectivity index (χ3n) is 4.30. The molecule has 0 atom stereocenters. The second kappa shape index (κ2) is 7.58. The van der Waals surface area contributed by atoms with Gasteiger partial charge in [0.05, 0.1) is 9.60 Å². The van der Waals surface area contributed by atoms with Crippen LogP contribution in [0, 0.1) is 0 Å². The molecule has 142 valence electrons. The van der Waals surface area contributed by atoms with E-state index in [1.807, 2.05) is 35.7 Å². The number of halogens is 1. The topological polar surface area (TPSA) is 72.5 Å². The first-order valence-electron chi connectivity index (χ1n) is 8.32. The number of carbonyl (C=O) groups is 1. The molecule has 2 aromatic carbocycles. The lowest BCUT2D eigenvalue weighted by Gasteiger charge is -2.18. The van der Waals surface area contributed by atoms with Crippen LogP contribution in [0.4, 0.5) is 5.69 Å². The van der Waals surface area contributed by atoms with Crippen LogP contribution < -0.4 is 9.50 Å². The van der Waals surface area contributed by atoms with Crippen LogP contribution in [0.25, 0.3) is 0 Å². The van der Waals surface area contributed by atoms with E-state index >= 15 is 0 Å². The summed E-state index contributed by atoms with van der Waals surface area (Å²) >= 11 is 9.94. The smallest absolute Gasteiger partial charge is 0.340 e. The van der Waals surface area contributed by atoms with Gasteiger partial charge in [0.2, 0.25) is 5.91 Å². The Morgan fingerprint density at radius 1 is 1.07 bits per heavy atom. The lowest BCUT2D eigenvalue weighted by atomic mass is 10.0. The molecule has 0 bridgehead atoms. The minimum atomic E-state index is -4.12. The molecule has 1 saturated heterocycles. The van der Waals surface area contributed by atoms with Crippen molar-refractivity contribution in [2.24, 2.45) is 0 Å². The summed E-state index contributed by atoms with van der Waals surface area (Å²) in [5.41, 5.74) is 2.42. The second-order valence-electron chi connectivity index (χ2n) is 6.17. The molecule has 0 radical (unpaired) electrons. The molecule has 1 amide bonds. The van der Waals surface area contributed by atoms with Gasteiger partial charge in [-0.25, -0.2) is 0 Å². The molecule has 4 rings (SSSR count). The number of benzene rings is 2. The summed E-state index contributed by atoms with van der Waals surface area (Å²) < 4.78 is 31.1. The summed E-state index contributed by atoms with van der Waals surface area (Å²) in [6, 6.07) is 10.0. The lowest BCUT2D eigenvalue weighted by Crippen LogP contribution is -2.20. The Balaban J connectivity index is 1.58. The van der Waals surface area contributed by atoms with Crippen LogP contribution in [0.2, 0.25) is 5.02 Å². The number of anilines is 1. The summed E-state index contributed by atoms with van der Waals surface area (Å²) in [5, 5.41) is 2.76. The molecule has 2 aromatic rings. The number of rotatable bonds is 4. The fourth-order valence-electron chi connectivity index (χ4n) is 2.97. The van der Waals surface area contributed by atoms with Crippen molar-refractivity contribution in [1.29, 1.82) is 0 Å². The van der Waals surface area contributed by atoms with Gasteiger partial charge in [-0.3, -0.25) is 4.79 Å². The highest BCUT2D eigenvalue weighted by Gasteiger charge is 2.25. The minimum Gasteiger partial charge on any atom is -0.379 e. The molecule has 2 heterocycles. The number of aryl methyl sites for hydroxylation is 1. The van der Waals surface area contributed by atoms with Gasteiger partial charge in [-0.15, -0.1) is 23.5 Å². The number of fused-ring (bicyclic) bond motifs is 1. The Labute approximate surface area is 171 Å². The predicted octanol–water partition coefficient (Wildman–Crippen LogP) is 4.47. The fourth-order valence-corrected chi connectivity index (χ4v) is 7.32. The average Bonchev–Trinajstić information content (AvgIpc) is 3.16. The van der Waals surface area contributed by atoms with E-state index in [1.54, 1.807) is 18.2 Å². The summed E-state index contributed by atoms with van der Waals surface area (Å²) in [4.78, 5) is 11.4. The SMILES string of the molecule is O=C1CCc2cc(Cl)c(S(=O)(=O)Oc3ccc(C4SCCS4)cc3)cc2N1. The maximum atomic E-state index is 12.7. The van der Waals surface area contributed by atoms with Crippen molar-refractivity contribution in [3.05, 3.63) is 52.5 Å². The number of hydrogen-bond acceptors (Lipinski definition) is 6. The van der Waals surface area contributed by atoms with Gasteiger partial charge in [0.1, 0.15) is 10.6 Å². The quantitative estimate of drug-likeness (QED) is 0.705. The van der Waals surface area contributed by atoms with Crippen molar-refractivity contribution in [3.63, 3.8) is 0 Å². The molecule has 0 saturated carbocycles. The minimum absolute atomic E-state index is 0.0836. The Kier molecular flexibility index (Phi) is 5.33.